The molecule has 0 aromatic heterocycles. The molecule has 1 aliphatic rings. The van der Waals surface area contributed by atoms with Crippen LogP contribution in [0.15, 0.2) is 28.7 Å². The molecule has 1 heterocycles. The fourth-order valence-electron chi connectivity index (χ4n) is 1.69. The molecule has 6 heteroatoms. The second-order valence-corrected chi connectivity index (χ2v) is 5.41. The molecule has 0 spiro atoms. The first-order chi connectivity index (χ1) is 8.13. The van der Waals surface area contributed by atoms with Gasteiger partial charge in [0.2, 0.25) is 0 Å². The van der Waals surface area contributed by atoms with Crippen LogP contribution in [0.2, 0.25) is 0 Å². The van der Waals surface area contributed by atoms with Gasteiger partial charge in [0, 0.05) is 22.6 Å². The first kappa shape index (κ1) is 12.6. The fourth-order valence-corrected chi connectivity index (χ4v) is 2.30. The van der Waals surface area contributed by atoms with Gasteiger partial charge in [0.25, 0.3) is 0 Å². The van der Waals surface area contributed by atoms with Crippen LogP contribution in [0.3, 0.4) is 0 Å². The molecule has 0 aliphatic carbocycles. The molecule has 4 N–H and O–H groups in total. The molecule has 4 nitrogen and oxygen atoms in total. The Morgan fingerprint density at radius 2 is 2.00 bits per heavy atom. The second-order valence-electron chi connectivity index (χ2n) is 4.08. The van der Waals surface area contributed by atoms with Gasteiger partial charge in [-0.2, -0.15) is 0 Å². The van der Waals surface area contributed by atoms with Gasteiger partial charge in [-0.3, -0.25) is 0 Å². The number of benzene rings is 1. The zero-order chi connectivity index (χ0) is 12.3. The van der Waals surface area contributed by atoms with E-state index in [2.05, 4.69) is 44.3 Å². The molecule has 1 aromatic carbocycles. The third-order valence-electron chi connectivity index (χ3n) is 2.51. The van der Waals surface area contributed by atoms with E-state index in [4.69, 9.17) is 12.2 Å². The molecular weight excluding hydrogens is 300 g/mol. The number of thiocarbonyl (C=S) groups is 1. The van der Waals surface area contributed by atoms with Crippen LogP contribution in [0, 0.1) is 0 Å². The average Bonchev–Trinajstić information content (AvgIpc) is 2.27. The molecule has 0 radical (unpaired) electrons. The largest absolute Gasteiger partial charge is 0.360 e. The quantitative estimate of drug-likeness (QED) is 0.507. The van der Waals surface area contributed by atoms with E-state index in [0.29, 0.717) is 11.2 Å². The third-order valence-corrected chi connectivity index (χ3v) is 3.27. The van der Waals surface area contributed by atoms with E-state index in [-0.39, 0.29) is 6.17 Å². The molecule has 2 rings (SSSR count). The zero-order valence-electron chi connectivity index (χ0n) is 9.46. The van der Waals surface area contributed by atoms with Gasteiger partial charge < -0.3 is 16.1 Å². The number of hydrazine groups is 1. The van der Waals surface area contributed by atoms with Crippen LogP contribution in [0.4, 0.5) is 5.69 Å². The minimum atomic E-state index is 0.141. The molecule has 92 valence electrons. The maximum absolute atomic E-state index is 5.11. The van der Waals surface area contributed by atoms with Gasteiger partial charge in [-0.1, -0.05) is 15.9 Å². The maximum atomic E-state index is 5.11. The van der Waals surface area contributed by atoms with Crippen molar-refractivity contribution in [3.63, 3.8) is 0 Å². The Kier molecular flexibility index (Phi) is 4.20. The highest BCUT2D eigenvalue weighted by atomic mass is 79.9. The number of hydrogen-bond donors (Lipinski definition) is 4. The second kappa shape index (κ2) is 5.66. The lowest BCUT2D eigenvalue weighted by Gasteiger charge is -2.31. The zero-order valence-corrected chi connectivity index (χ0v) is 11.9. The predicted molar refractivity (Wildman–Crippen MR) is 77.6 cm³/mol. The molecule has 0 saturated carbocycles. The van der Waals surface area contributed by atoms with E-state index in [1.165, 1.54) is 0 Å². The predicted octanol–water partition coefficient (Wildman–Crippen LogP) is 1.95. The lowest BCUT2D eigenvalue weighted by Crippen LogP contribution is -2.59. The van der Waals surface area contributed by atoms with Crippen molar-refractivity contribution in [1.82, 2.24) is 16.1 Å². The topological polar surface area (TPSA) is 48.1 Å². The Balaban J connectivity index is 1.85. The molecule has 0 unspecified atom stereocenters. The van der Waals surface area contributed by atoms with Gasteiger partial charge in [0.05, 0.1) is 6.17 Å². The third kappa shape index (κ3) is 3.83. The van der Waals surface area contributed by atoms with Crippen molar-refractivity contribution >= 4 is 38.9 Å². The summed E-state index contributed by atoms with van der Waals surface area (Å²) >= 11 is 8.51. The Morgan fingerprint density at radius 1 is 1.29 bits per heavy atom. The number of hydrogen-bond acceptors (Lipinski definition) is 3. The van der Waals surface area contributed by atoms with Crippen LogP contribution in [0.5, 0.6) is 0 Å². The Labute approximate surface area is 115 Å². The lowest BCUT2D eigenvalue weighted by atomic mass is 10.2. The lowest BCUT2D eigenvalue weighted by molar-refractivity contribution is 0.402. The van der Waals surface area contributed by atoms with Crippen molar-refractivity contribution in [2.45, 2.75) is 25.6 Å². The van der Waals surface area contributed by atoms with Gasteiger partial charge in [0.15, 0.2) is 5.11 Å². The van der Waals surface area contributed by atoms with Gasteiger partial charge in [-0.15, -0.1) is 0 Å². The number of halogens is 1. The minimum absolute atomic E-state index is 0.141. The van der Waals surface area contributed by atoms with Crippen molar-refractivity contribution < 1.29 is 0 Å². The number of rotatable bonds is 3. The highest BCUT2D eigenvalue weighted by molar-refractivity contribution is 9.10. The summed E-state index contributed by atoms with van der Waals surface area (Å²) in [4.78, 5) is 0. The van der Waals surface area contributed by atoms with Crippen LogP contribution in [0.1, 0.15) is 13.3 Å². The monoisotopic (exact) mass is 314 g/mol. The van der Waals surface area contributed by atoms with Gasteiger partial charge in [-0.05, 0) is 43.4 Å². The molecule has 2 atom stereocenters. The summed E-state index contributed by atoms with van der Waals surface area (Å²) in [5.41, 5.74) is 7.40. The van der Waals surface area contributed by atoms with Gasteiger partial charge in [-0.25, -0.2) is 5.43 Å². The van der Waals surface area contributed by atoms with E-state index >= 15 is 0 Å². The summed E-state index contributed by atoms with van der Waals surface area (Å²) in [5, 5.41) is 7.02. The maximum Gasteiger partial charge on any atom is 0.167 e. The van der Waals surface area contributed by atoms with E-state index in [9.17, 15) is 0 Å². The van der Waals surface area contributed by atoms with Crippen LogP contribution < -0.4 is 21.5 Å². The minimum Gasteiger partial charge on any atom is -0.360 e. The molecule has 1 saturated heterocycles. The standard InChI is InChI=1S/C11H15BrN4S/c1-7-6-10(14-11(17)13-7)16-15-9-4-2-8(12)3-5-9/h2-5,7,10,15-16H,6H2,1H3,(H2,13,14,17)/t7-,10-/m1/s1. The summed E-state index contributed by atoms with van der Waals surface area (Å²) in [7, 11) is 0. The molecule has 1 fully saturated rings. The summed E-state index contributed by atoms with van der Waals surface area (Å²) in [5.74, 6) is 0. The van der Waals surface area contributed by atoms with E-state index in [1.807, 2.05) is 24.3 Å². The van der Waals surface area contributed by atoms with Crippen molar-refractivity contribution in [2.75, 3.05) is 5.43 Å². The first-order valence-corrected chi connectivity index (χ1v) is 6.68. The van der Waals surface area contributed by atoms with E-state index in [0.717, 1.165) is 16.6 Å². The molecule has 1 aromatic rings. The van der Waals surface area contributed by atoms with Crippen LogP contribution in [-0.4, -0.2) is 17.3 Å². The van der Waals surface area contributed by atoms with Crippen molar-refractivity contribution in [3.8, 4) is 0 Å². The highest BCUT2D eigenvalue weighted by Crippen LogP contribution is 2.13. The highest BCUT2D eigenvalue weighted by Gasteiger charge is 2.19. The van der Waals surface area contributed by atoms with Crippen LogP contribution in [0.25, 0.3) is 0 Å². The fraction of sp³-hybridized carbons (Fsp3) is 0.364. The Hall–Kier alpha value is -0.850. The van der Waals surface area contributed by atoms with E-state index in [1.54, 1.807) is 0 Å². The molecule has 1 aliphatic heterocycles. The van der Waals surface area contributed by atoms with Crippen LogP contribution >= 0.6 is 28.1 Å². The van der Waals surface area contributed by atoms with E-state index < -0.39 is 0 Å². The SMILES string of the molecule is C[C@@H]1C[C@@H](NNc2ccc(Br)cc2)NC(=S)N1. The molecular formula is C11H15BrN4S. The summed E-state index contributed by atoms with van der Waals surface area (Å²) in [6.45, 7) is 2.11. The van der Waals surface area contributed by atoms with Crippen molar-refractivity contribution in [3.05, 3.63) is 28.7 Å². The van der Waals surface area contributed by atoms with Gasteiger partial charge in [0.1, 0.15) is 0 Å². The molecule has 0 bridgehead atoms. The summed E-state index contributed by atoms with van der Waals surface area (Å²) < 4.78 is 1.07. The normalized spacial score (nSPS) is 23.8. The molecule has 0 amide bonds. The molecule has 17 heavy (non-hydrogen) atoms. The first-order valence-electron chi connectivity index (χ1n) is 5.47. The average molecular weight is 315 g/mol. The van der Waals surface area contributed by atoms with Crippen molar-refractivity contribution in [1.29, 1.82) is 0 Å². The van der Waals surface area contributed by atoms with Gasteiger partial charge >= 0.3 is 0 Å². The summed E-state index contributed by atoms with van der Waals surface area (Å²) in [6.07, 6.45) is 1.10. The Bertz CT molecular complexity index is 395. The number of anilines is 1. The van der Waals surface area contributed by atoms with Crippen molar-refractivity contribution in [2.24, 2.45) is 0 Å². The smallest absolute Gasteiger partial charge is 0.167 e. The number of nitrogens with one attached hydrogen (secondary N) is 4. The van der Waals surface area contributed by atoms with Crippen LogP contribution in [-0.2, 0) is 0 Å². The summed E-state index contributed by atoms with van der Waals surface area (Å²) in [6, 6.07) is 8.37. The Morgan fingerprint density at radius 3 is 2.65 bits per heavy atom.